The van der Waals surface area contributed by atoms with Crippen LogP contribution in [0.2, 0.25) is 0 Å². The summed E-state index contributed by atoms with van der Waals surface area (Å²) in [7, 11) is 0. The lowest BCUT2D eigenvalue weighted by Crippen LogP contribution is -2.18. The Morgan fingerprint density at radius 1 is 1.79 bits per heavy atom. The van der Waals surface area contributed by atoms with Crippen molar-refractivity contribution in [1.29, 1.82) is 5.41 Å². The molecule has 1 rings (SSSR count). The van der Waals surface area contributed by atoms with Crippen molar-refractivity contribution in [3.63, 3.8) is 0 Å². The first-order valence-corrected chi connectivity index (χ1v) is 3.36. The molecule has 8 heteroatoms. The van der Waals surface area contributed by atoms with Gasteiger partial charge in [-0.25, -0.2) is 10.2 Å². The Morgan fingerprint density at radius 3 is 2.79 bits per heavy atom. The zero-order valence-electron chi connectivity index (χ0n) is 6.94. The van der Waals surface area contributed by atoms with E-state index in [1.807, 2.05) is 0 Å². The number of nitrogens with two attached hydrogens (primary N) is 1. The number of aliphatic carboxylic acids is 1. The molecule has 0 aliphatic carbocycles. The summed E-state index contributed by atoms with van der Waals surface area (Å²) in [6.07, 6.45) is 0. The van der Waals surface area contributed by atoms with Gasteiger partial charge in [-0.1, -0.05) is 0 Å². The highest BCUT2D eigenvalue weighted by atomic mass is 16.5. The number of amidine groups is 1. The van der Waals surface area contributed by atoms with Crippen molar-refractivity contribution in [2.24, 2.45) is 15.8 Å². The quantitative estimate of drug-likeness (QED) is 0.333. The number of nitrogens with zero attached hydrogens (tertiary/aromatic N) is 2. The molecule has 74 valence electrons. The van der Waals surface area contributed by atoms with Crippen molar-refractivity contribution in [3.05, 3.63) is 11.6 Å². The van der Waals surface area contributed by atoms with Crippen LogP contribution in [0.15, 0.2) is 21.7 Å². The molecule has 1 aliphatic heterocycles. The summed E-state index contributed by atoms with van der Waals surface area (Å²) in [5, 5.41) is 18.8. The molecule has 0 aromatic rings. The Bertz CT molecular complexity index is 370. The van der Waals surface area contributed by atoms with Crippen LogP contribution in [0, 0.1) is 5.41 Å². The van der Waals surface area contributed by atoms with Gasteiger partial charge in [0.15, 0.2) is 5.70 Å². The van der Waals surface area contributed by atoms with Crippen molar-refractivity contribution < 1.29 is 14.6 Å². The van der Waals surface area contributed by atoms with Gasteiger partial charge in [-0.05, 0) is 6.72 Å². The number of hydrazone groups is 1. The molecule has 0 bridgehead atoms. The second-order valence-corrected chi connectivity index (χ2v) is 2.19. The van der Waals surface area contributed by atoms with E-state index >= 15 is 0 Å². The Hall–Kier alpha value is -2.38. The van der Waals surface area contributed by atoms with Gasteiger partial charge in [0.25, 0.3) is 0 Å². The Morgan fingerprint density at radius 2 is 2.43 bits per heavy atom. The summed E-state index contributed by atoms with van der Waals surface area (Å²) in [4.78, 5) is 13.8. The number of hydrogen-bond donors (Lipinski definition) is 4. The van der Waals surface area contributed by atoms with Crippen molar-refractivity contribution in [1.82, 2.24) is 5.43 Å². The van der Waals surface area contributed by atoms with Gasteiger partial charge in [0.1, 0.15) is 5.84 Å². The number of hydrogen-bond acceptors (Lipinski definition) is 6. The molecule has 0 atom stereocenters. The van der Waals surface area contributed by atoms with Crippen molar-refractivity contribution in [3.8, 4) is 0 Å². The topological polar surface area (TPSA) is 133 Å². The van der Waals surface area contributed by atoms with Crippen LogP contribution in [-0.4, -0.2) is 29.5 Å². The van der Waals surface area contributed by atoms with Crippen LogP contribution in [0.3, 0.4) is 0 Å². The van der Waals surface area contributed by atoms with E-state index in [9.17, 15) is 4.79 Å². The third-order valence-electron chi connectivity index (χ3n) is 1.27. The molecule has 0 saturated heterocycles. The maximum Gasteiger partial charge on any atom is 0.393 e. The number of carboxylic acids is 1. The Kier molecular flexibility index (Phi) is 2.47. The fraction of sp³-hybridized carbons (Fsp3) is 0. The van der Waals surface area contributed by atoms with Gasteiger partial charge < -0.3 is 15.6 Å². The highest BCUT2D eigenvalue weighted by Gasteiger charge is 2.23. The lowest BCUT2D eigenvalue weighted by atomic mass is 10.4. The molecule has 14 heavy (non-hydrogen) atoms. The van der Waals surface area contributed by atoms with Gasteiger partial charge in [-0.2, -0.15) is 0 Å². The molecular weight excluding hydrogens is 190 g/mol. The molecule has 1 heterocycles. The third kappa shape index (κ3) is 1.68. The average molecular weight is 197 g/mol. The van der Waals surface area contributed by atoms with Crippen LogP contribution in [-0.2, 0) is 9.53 Å². The zero-order valence-corrected chi connectivity index (χ0v) is 6.94. The highest BCUT2D eigenvalue weighted by Crippen LogP contribution is 2.10. The maximum atomic E-state index is 10.4. The summed E-state index contributed by atoms with van der Waals surface area (Å²) >= 11 is 0. The van der Waals surface area contributed by atoms with Crippen molar-refractivity contribution in [2.75, 3.05) is 0 Å². The van der Waals surface area contributed by atoms with Gasteiger partial charge in [-0.3, -0.25) is 10.4 Å². The first-order valence-electron chi connectivity index (χ1n) is 3.36. The predicted molar refractivity (Wildman–Crippen MR) is 47.8 cm³/mol. The number of ether oxygens (including phenoxy) is 1. The lowest BCUT2D eigenvalue weighted by Gasteiger charge is -2.02. The Labute approximate surface area is 78.3 Å². The standard InChI is InChI=1S/C6H7N5O3/c1-9-2(3(7)8)4-10-11-5(14-4)6(12)13/h10H,1H2,(H3,7,8)(H,12,13). The van der Waals surface area contributed by atoms with Crippen LogP contribution in [0.5, 0.6) is 0 Å². The molecule has 0 aromatic carbocycles. The van der Waals surface area contributed by atoms with E-state index in [4.69, 9.17) is 21.0 Å². The normalized spacial score (nSPS) is 17.6. The van der Waals surface area contributed by atoms with Gasteiger partial charge in [-0.15, -0.1) is 5.10 Å². The van der Waals surface area contributed by atoms with E-state index < -0.39 is 17.7 Å². The molecule has 5 N–H and O–H groups in total. The summed E-state index contributed by atoms with van der Waals surface area (Å²) in [5.41, 5.74) is 7.26. The molecule has 0 radical (unpaired) electrons. The number of nitrogens with one attached hydrogen (secondary N) is 2. The monoisotopic (exact) mass is 197 g/mol. The van der Waals surface area contributed by atoms with E-state index in [-0.39, 0.29) is 11.6 Å². The SMILES string of the molecule is C=NC(C(=N)N)=C1NN=C(C(=O)O)O1. The van der Waals surface area contributed by atoms with E-state index in [1.54, 1.807) is 0 Å². The lowest BCUT2D eigenvalue weighted by molar-refractivity contribution is -0.130. The summed E-state index contributed by atoms with van der Waals surface area (Å²) < 4.78 is 4.70. The molecule has 0 spiro atoms. The minimum absolute atomic E-state index is 0.0926. The van der Waals surface area contributed by atoms with E-state index in [0.717, 1.165) is 0 Å². The average Bonchev–Trinajstić information content (AvgIpc) is 2.53. The van der Waals surface area contributed by atoms with Crippen LogP contribution >= 0.6 is 0 Å². The van der Waals surface area contributed by atoms with Gasteiger partial charge in [0, 0.05) is 0 Å². The highest BCUT2D eigenvalue weighted by molar-refractivity contribution is 6.32. The maximum absolute atomic E-state index is 10.4. The second kappa shape index (κ2) is 3.56. The van der Waals surface area contributed by atoms with Crippen molar-refractivity contribution >= 4 is 24.4 Å². The molecule has 0 unspecified atom stereocenters. The number of carbonyl (C=O) groups is 1. The van der Waals surface area contributed by atoms with E-state index in [1.165, 1.54) is 0 Å². The zero-order chi connectivity index (χ0) is 10.7. The van der Waals surface area contributed by atoms with Crippen LogP contribution < -0.4 is 11.2 Å². The van der Waals surface area contributed by atoms with E-state index in [0.29, 0.717) is 0 Å². The van der Waals surface area contributed by atoms with Gasteiger partial charge in [0.05, 0.1) is 0 Å². The molecule has 8 nitrogen and oxygen atoms in total. The summed E-state index contributed by atoms with van der Waals surface area (Å²) in [5.74, 6) is -2.39. The summed E-state index contributed by atoms with van der Waals surface area (Å²) in [6, 6.07) is 0. The first kappa shape index (κ1) is 9.71. The molecule has 1 aliphatic rings. The van der Waals surface area contributed by atoms with Crippen molar-refractivity contribution in [2.45, 2.75) is 0 Å². The number of rotatable bonds is 3. The largest absolute Gasteiger partial charge is 0.474 e. The fourth-order valence-corrected chi connectivity index (χ4v) is 0.716. The molecule has 0 fully saturated rings. The molecule has 0 amide bonds. The van der Waals surface area contributed by atoms with Gasteiger partial charge >= 0.3 is 11.9 Å². The third-order valence-corrected chi connectivity index (χ3v) is 1.27. The molecular formula is C6H7N5O3. The first-order chi connectivity index (χ1) is 6.56. The van der Waals surface area contributed by atoms with Crippen LogP contribution in [0.1, 0.15) is 0 Å². The predicted octanol–water partition coefficient (Wildman–Crippen LogP) is -1.19. The van der Waals surface area contributed by atoms with Gasteiger partial charge in [0.2, 0.25) is 5.88 Å². The van der Waals surface area contributed by atoms with Crippen LogP contribution in [0.25, 0.3) is 0 Å². The minimum Gasteiger partial charge on any atom is -0.474 e. The fourth-order valence-electron chi connectivity index (χ4n) is 0.716. The minimum atomic E-state index is -1.33. The van der Waals surface area contributed by atoms with E-state index in [2.05, 4.69) is 22.2 Å². The number of carboxylic acid groups (broad SMARTS) is 1. The second-order valence-electron chi connectivity index (χ2n) is 2.19. The number of aliphatic imine (C=N–C) groups is 1. The summed E-state index contributed by atoms with van der Waals surface area (Å²) in [6.45, 7) is 3.15. The van der Waals surface area contributed by atoms with Crippen LogP contribution in [0.4, 0.5) is 0 Å². The molecule has 0 aromatic heterocycles. The molecule has 0 saturated carbocycles. The Balaban J connectivity index is 2.91. The smallest absolute Gasteiger partial charge is 0.393 e.